The molecule has 0 aromatic carbocycles. The van der Waals surface area contributed by atoms with Crippen LogP contribution in [-0.4, -0.2) is 23.0 Å². The van der Waals surface area contributed by atoms with Crippen molar-refractivity contribution in [3.05, 3.63) is 0 Å². The molecule has 0 radical (unpaired) electrons. The van der Waals surface area contributed by atoms with E-state index in [2.05, 4.69) is 4.74 Å². The van der Waals surface area contributed by atoms with Crippen LogP contribution < -0.4 is 0 Å². The number of hydrogen-bond acceptors (Lipinski definition) is 4. The first-order chi connectivity index (χ1) is 6.59. The van der Waals surface area contributed by atoms with Gasteiger partial charge in [0.15, 0.2) is 0 Å². The molecule has 0 aromatic rings. The Labute approximate surface area is 81.0 Å². The summed E-state index contributed by atoms with van der Waals surface area (Å²) in [5.41, 5.74) is 0. The normalized spacial score (nSPS) is 16.6. The fraction of sp³-hybridized carbons (Fsp3) is 0.667. The minimum atomic E-state index is -1.28. The average Bonchev–Trinajstić information content (AvgIpc) is 2.53. The predicted octanol–water partition coefficient (Wildman–Crippen LogP) is 0.721. The Bertz CT molecular complexity index is 252. The second-order valence-corrected chi connectivity index (χ2v) is 3.35. The van der Waals surface area contributed by atoms with Gasteiger partial charge >= 0.3 is 17.9 Å². The molecule has 78 valence electrons. The summed E-state index contributed by atoms with van der Waals surface area (Å²) in [4.78, 5) is 32.1. The Morgan fingerprint density at radius 2 is 1.79 bits per heavy atom. The lowest BCUT2D eigenvalue weighted by Gasteiger charge is -2.06. The van der Waals surface area contributed by atoms with Crippen molar-refractivity contribution in [1.82, 2.24) is 0 Å². The SMILES string of the molecule is O=C(O)CC(=O)OC(=O)C1CCCC1. The van der Waals surface area contributed by atoms with E-state index in [9.17, 15) is 14.4 Å². The van der Waals surface area contributed by atoms with Crippen molar-refractivity contribution in [3.8, 4) is 0 Å². The molecule has 1 saturated carbocycles. The first-order valence-electron chi connectivity index (χ1n) is 4.56. The van der Waals surface area contributed by atoms with E-state index in [0.717, 1.165) is 25.7 Å². The number of carbonyl (C=O) groups excluding carboxylic acids is 2. The molecule has 1 N–H and O–H groups in total. The molecule has 0 aromatic heterocycles. The molecule has 5 heteroatoms. The van der Waals surface area contributed by atoms with Gasteiger partial charge in [0.05, 0.1) is 5.92 Å². The second kappa shape index (κ2) is 4.74. The zero-order valence-electron chi connectivity index (χ0n) is 7.69. The van der Waals surface area contributed by atoms with E-state index in [4.69, 9.17) is 5.11 Å². The van der Waals surface area contributed by atoms with Crippen molar-refractivity contribution in [3.63, 3.8) is 0 Å². The lowest BCUT2D eigenvalue weighted by Crippen LogP contribution is -2.20. The summed E-state index contributed by atoms with van der Waals surface area (Å²) in [5, 5.41) is 8.25. The number of carboxylic acid groups (broad SMARTS) is 1. The number of aliphatic carboxylic acids is 1. The third kappa shape index (κ3) is 3.16. The Hall–Kier alpha value is -1.39. The highest BCUT2D eigenvalue weighted by atomic mass is 16.6. The number of esters is 2. The van der Waals surface area contributed by atoms with Crippen LogP contribution in [0.3, 0.4) is 0 Å². The quantitative estimate of drug-likeness (QED) is 0.536. The number of carboxylic acids is 1. The van der Waals surface area contributed by atoms with Crippen LogP contribution in [0.15, 0.2) is 0 Å². The Morgan fingerprint density at radius 1 is 1.21 bits per heavy atom. The summed E-state index contributed by atoms with van der Waals surface area (Å²) in [6, 6.07) is 0. The Kier molecular flexibility index (Phi) is 3.62. The molecule has 0 saturated heterocycles. The van der Waals surface area contributed by atoms with E-state index in [1.54, 1.807) is 0 Å². The van der Waals surface area contributed by atoms with Crippen LogP contribution in [0, 0.1) is 5.92 Å². The van der Waals surface area contributed by atoms with Crippen molar-refractivity contribution < 1.29 is 24.2 Å². The molecule has 1 rings (SSSR count). The summed E-state index contributed by atoms with van der Waals surface area (Å²) in [6.07, 6.45) is 2.65. The first-order valence-corrected chi connectivity index (χ1v) is 4.56. The van der Waals surface area contributed by atoms with Crippen LogP contribution in [0.1, 0.15) is 32.1 Å². The topological polar surface area (TPSA) is 80.7 Å². The number of hydrogen-bond donors (Lipinski definition) is 1. The third-order valence-corrected chi connectivity index (χ3v) is 2.20. The van der Waals surface area contributed by atoms with Gasteiger partial charge in [0.25, 0.3) is 0 Å². The van der Waals surface area contributed by atoms with E-state index < -0.39 is 24.3 Å². The van der Waals surface area contributed by atoms with Gasteiger partial charge in [0, 0.05) is 0 Å². The van der Waals surface area contributed by atoms with Crippen molar-refractivity contribution in [2.45, 2.75) is 32.1 Å². The van der Waals surface area contributed by atoms with E-state index in [-0.39, 0.29) is 5.92 Å². The number of ether oxygens (including phenoxy) is 1. The Balaban J connectivity index is 2.32. The van der Waals surface area contributed by atoms with Crippen molar-refractivity contribution in [2.24, 2.45) is 5.92 Å². The highest BCUT2D eigenvalue weighted by molar-refractivity contribution is 5.95. The molecular weight excluding hydrogens is 188 g/mol. The standard InChI is InChI=1S/C9H12O5/c10-7(11)5-8(12)14-9(13)6-3-1-2-4-6/h6H,1-5H2,(H,10,11). The molecule has 0 amide bonds. The van der Waals surface area contributed by atoms with Crippen LogP contribution in [0.5, 0.6) is 0 Å². The molecule has 0 atom stereocenters. The zero-order valence-corrected chi connectivity index (χ0v) is 7.69. The van der Waals surface area contributed by atoms with Gasteiger partial charge < -0.3 is 9.84 Å². The van der Waals surface area contributed by atoms with Crippen LogP contribution in [0.25, 0.3) is 0 Å². The van der Waals surface area contributed by atoms with Gasteiger partial charge in [-0.05, 0) is 12.8 Å². The van der Waals surface area contributed by atoms with Gasteiger partial charge in [-0.25, -0.2) is 0 Å². The number of rotatable bonds is 3. The van der Waals surface area contributed by atoms with Crippen molar-refractivity contribution >= 4 is 17.9 Å². The van der Waals surface area contributed by atoms with Gasteiger partial charge in [-0.2, -0.15) is 0 Å². The van der Waals surface area contributed by atoms with Crippen molar-refractivity contribution in [1.29, 1.82) is 0 Å². The smallest absolute Gasteiger partial charge is 0.324 e. The molecule has 0 heterocycles. The summed E-state index contributed by atoms with van der Waals surface area (Å²) >= 11 is 0. The maximum atomic E-state index is 11.2. The molecule has 0 bridgehead atoms. The monoisotopic (exact) mass is 200 g/mol. The molecule has 1 fully saturated rings. The minimum absolute atomic E-state index is 0.215. The largest absolute Gasteiger partial charge is 0.481 e. The molecule has 0 unspecified atom stereocenters. The van der Waals surface area contributed by atoms with Crippen LogP contribution in [-0.2, 0) is 19.1 Å². The van der Waals surface area contributed by atoms with E-state index in [1.807, 2.05) is 0 Å². The van der Waals surface area contributed by atoms with E-state index >= 15 is 0 Å². The lowest BCUT2D eigenvalue weighted by atomic mass is 10.1. The molecule has 1 aliphatic rings. The minimum Gasteiger partial charge on any atom is -0.481 e. The van der Waals surface area contributed by atoms with Crippen LogP contribution in [0.4, 0.5) is 0 Å². The highest BCUT2D eigenvalue weighted by Gasteiger charge is 2.26. The van der Waals surface area contributed by atoms with E-state index in [0.29, 0.717) is 0 Å². The lowest BCUT2D eigenvalue weighted by molar-refractivity contribution is -0.164. The first kappa shape index (κ1) is 10.7. The maximum Gasteiger partial charge on any atom is 0.324 e. The molecule has 5 nitrogen and oxygen atoms in total. The van der Waals surface area contributed by atoms with E-state index in [1.165, 1.54) is 0 Å². The van der Waals surface area contributed by atoms with Crippen LogP contribution >= 0.6 is 0 Å². The average molecular weight is 200 g/mol. The van der Waals surface area contributed by atoms with Gasteiger partial charge in [-0.3, -0.25) is 14.4 Å². The molecular formula is C9H12O5. The second-order valence-electron chi connectivity index (χ2n) is 3.35. The fourth-order valence-corrected chi connectivity index (χ4v) is 1.52. The number of carbonyl (C=O) groups is 3. The van der Waals surface area contributed by atoms with Crippen LogP contribution in [0.2, 0.25) is 0 Å². The summed E-state index contributed by atoms with van der Waals surface area (Å²) in [7, 11) is 0. The molecule has 0 aliphatic heterocycles. The third-order valence-electron chi connectivity index (χ3n) is 2.20. The summed E-state index contributed by atoms with van der Waals surface area (Å²) in [5.74, 6) is -3.05. The fourth-order valence-electron chi connectivity index (χ4n) is 1.52. The summed E-state index contributed by atoms with van der Waals surface area (Å²) in [6.45, 7) is 0. The molecule has 0 spiro atoms. The predicted molar refractivity (Wildman–Crippen MR) is 45.3 cm³/mol. The Morgan fingerprint density at radius 3 is 2.29 bits per heavy atom. The maximum absolute atomic E-state index is 11.2. The zero-order chi connectivity index (χ0) is 10.6. The van der Waals surface area contributed by atoms with Crippen molar-refractivity contribution in [2.75, 3.05) is 0 Å². The molecule has 14 heavy (non-hydrogen) atoms. The summed E-state index contributed by atoms with van der Waals surface area (Å²) < 4.78 is 4.39. The van der Waals surface area contributed by atoms with Gasteiger partial charge in [-0.15, -0.1) is 0 Å². The highest BCUT2D eigenvalue weighted by Crippen LogP contribution is 2.25. The van der Waals surface area contributed by atoms with Gasteiger partial charge in [-0.1, -0.05) is 12.8 Å². The van der Waals surface area contributed by atoms with Gasteiger partial charge in [0.2, 0.25) is 0 Å². The van der Waals surface area contributed by atoms with Gasteiger partial charge in [0.1, 0.15) is 6.42 Å². The molecule has 1 aliphatic carbocycles.